The molecule has 0 spiro atoms. The van der Waals surface area contributed by atoms with Crippen molar-refractivity contribution in [2.24, 2.45) is 0 Å². The number of hydrogen-bond donors (Lipinski definition) is 1. The van der Waals surface area contributed by atoms with Crippen molar-refractivity contribution >= 4 is 24.2 Å². The zero-order valence-corrected chi connectivity index (χ0v) is 20.0. The smallest absolute Gasteiger partial charge is 0.296 e. The van der Waals surface area contributed by atoms with Gasteiger partial charge in [-0.2, -0.15) is 8.78 Å². The molecular formula is C24H32ClF2N3O3. The minimum Gasteiger partial charge on any atom is -0.381 e. The molecule has 1 aliphatic heterocycles. The van der Waals surface area contributed by atoms with Gasteiger partial charge >= 0.3 is 0 Å². The van der Waals surface area contributed by atoms with Crippen LogP contribution in [0.2, 0.25) is 5.28 Å². The molecule has 0 radical (unpaired) electrons. The van der Waals surface area contributed by atoms with Gasteiger partial charge in [-0.25, -0.2) is 9.97 Å². The number of benzene rings is 1. The van der Waals surface area contributed by atoms with Gasteiger partial charge in [0.15, 0.2) is 0 Å². The summed E-state index contributed by atoms with van der Waals surface area (Å²) in [7, 11) is 0. The summed E-state index contributed by atoms with van der Waals surface area (Å²) in [5.74, 6) is -2.31. The van der Waals surface area contributed by atoms with Crippen LogP contribution in [-0.4, -0.2) is 36.6 Å². The maximum Gasteiger partial charge on any atom is 0.296 e. The maximum atomic E-state index is 14.2. The number of ether oxygens (including phenoxy) is 2. The molecule has 9 heteroatoms. The Labute approximate surface area is 199 Å². The largest absolute Gasteiger partial charge is 0.381 e. The molecule has 0 bridgehead atoms. The van der Waals surface area contributed by atoms with E-state index in [0.717, 1.165) is 62.1 Å². The van der Waals surface area contributed by atoms with E-state index in [1.54, 1.807) is 6.07 Å². The molecule has 182 valence electrons. The molecule has 2 aromatic rings. The van der Waals surface area contributed by atoms with Crippen LogP contribution >= 0.6 is 11.6 Å². The van der Waals surface area contributed by atoms with Gasteiger partial charge < -0.3 is 19.6 Å². The highest BCUT2D eigenvalue weighted by Crippen LogP contribution is 2.37. The number of nitrogens with one attached hydrogen (secondary N) is 1. The molecule has 0 atom stereocenters. The number of alkyl halides is 2. The number of nitrogens with zero attached hydrogens (tertiary/aromatic N) is 2. The lowest BCUT2D eigenvalue weighted by Crippen LogP contribution is -2.28. The zero-order valence-electron chi connectivity index (χ0n) is 19.3. The lowest BCUT2D eigenvalue weighted by molar-refractivity contribution is -0.103. The summed E-state index contributed by atoms with van der Waals surface area (Å²) < 4.78 is 39.0. The average Bonchev–Trinajstić information content (AvgIpc) is 2.81. The predicted molar refractivity (Wildman–Crippen MR) is 125 cm³/mol. The first-order chi connectivity index (χ1) is 16.0. The third kappa shape index (κ3) is 7.42. The van der Waals surface area contributed by atoms with E-state index in [-0.39, 0.29) is 17.5 Å². The van der Waals surface area contributed by atoms with Crippen molar-refractivity contribution in [2.75, 3.05) is 25.1 Å². The molecule has 0 saturated carbocycles. The summed E-state index contributed by atoms with van der Waals surface area (Å²) >= 11 is 6.19. The fourth-order valence-corrected chi connectivity index (χ4v) is 4.01. The van der Waals surface area contributed by atoms with Gasteiger partial charge in [-0.1, -0.05) is 32.0 Å². The van der Waals surface area contributed by atoms with E-state index in [0.29, 0.717) is 17.9 Å². The topological polar surface area (TPSA) is 73.3 Å². The third-order valence-electron chi connectivity index (χ3n) is 5.36. The summed E-state index contributed by atoms with van der Waals surface area (Å²) in [5, 5.41) is 3.48. The van der Waals surface area contributed by atoms with Crippen molar-refractivity contribution in [3.05, 3.63) is 51.4 Å². The lowest BCUT2D eigenvalue weighted by Gasteiger charge is -2.27. The van der Waals surface area contributed by atoms with Gasteiger partial charge in [-0.05, 0) is 54.8 Å². The normalized spacial score (nSPS) is 14.2. The number of rotatable bonds is 11. The molecule has 1 aromatic heterocycles. The Bertz CT molecular complexity index is 899. The Hall–Kier alpha value is -2.16. The van der Waals surface area contributed by atoms with Crippen LogP contribution < -0.4 is 5.32 Å². The molecule has 0 aliphatic carbocycles. The fraction of sp³-hybridized carbons (Fsp3) is 0.542. The molecule has 33 heavy (non-hydrogen) atoms. The summed E-state index contributed by atoms with van der Waals surface area (Å²) in [6.07, 6.45) is 4.45. The Kier molecular flexibility index (Phi) is 11.1. The molecule has 0 fully saturated rings. The highest BCUT2D eigenvalue weighted by molar-refractivity contribution is 6.28. The van der Waals surface area contributed by atoms with Gasteiger partial charge in [0.1, 0.15) is 19.2 Å². The Morgan fingerprint density at radius 1 is 1.21 bits per heavy atom. The number of aryl methyl sites for hydroxylation is 1. The molecule has 0 amide bonds. The van der Waals surface area contributed by atoms with Gasteiger partial charge in [0, 0.05) is 30.9 Å². The summed E-state index contributed by atoms with van der Waals surface area (Å²) in [6, 6.07) is 4.97. The van der Waals surface area contributed by atoms with Gasteiger partial charge in [0.2, 0.25) is 5.28 Å². The second-order valence-corrected chi connectivity index (χ2v) is 8.02. The van der Waals surface area contributed by atoms with E-state index >= 15 is 0 Å². The van der Waals surface area contributed by atoms with E-state index in [2.05, 4.69) is 22.2 Å². The number of halogens is 3. The first-order valence-corrected chi connectivity index (χ1v) is 11.6. The SMILES string of the molecule is C=O.CCCOCCCCc1nc(Cl)nc(NCc2cccc3c2COCC3(F)F)c1CC. The average molecular weight is 484 g/mol. The molecule has 6 nitrogen and oxygen atoms in total. The molecule has 1 N–H and O–H groups in total. The van der Waals surface area contributed by atoms with Crippen LogP contribution in [0.15, 0.2) is 18.2 Å². The number of carbonyl (C=O) groups is 1. The molecule has 0 saturated heterocycles. The standard InChI is InChI=1S/C23H30ClF2N3O2.CH2O/c1-3-11-30-12-6-5-10-20-17(4-2)21(29-22(24)28-20)27-13-16-8-7-9-19-18(16)14-31-15-23(19,25)26;1-2/h7-9H,3-6,10-15H2,1-2H3,(H,27,28,29);1H2. The van der Waals surface area contributed by atoms with Crippen LogP contribution in [0.5, 0.6) is 0 Å². The summed E-state index contributed by atoms with van der Waals surface area (Å²) in [5.41, 5.74) is 3.27. The quantitative estimate of drug-likeness (QED) is 0.336. The van der Waals surface area contributed by atoms with Crippen LogP contribution in [0.4, 0.5) is 14.6 Å². The van der Waals surface area contributed by atoms with E-state index in [9.17, 15) is 8.78 Å². The molecule has 3 rings (SSSR count). The predicted octanol–water partition coefficient (Wildman–Crippen LogP) is 5.49. The van der Waals surface area contributed by atoms with Crippen molar-refractivity contribution in [1.29, 1.82) is 0 Å². The van der Waals surface area contributed by atoms with Crippen LogP contribution in [0.1, 0.15) is 61.1 Å². The number of unbranched alkanes of at least 4 members (excludes halogenated alkanes) is 1. The number of hydrogen-bond acceptors (Lipinski definition) is 6. The Balaban J connectivity index is 0.00000187. The van der Waals surface area contributed by atoms with Gasteiger partial charge in [-0.15, -0.1) is 0 Å². The van der Waals surface area contributed by atoms with Crippen LogP contribution in [0.3, 0.4) is 0 Å². The highest BCUT2D eigenvalue weighted by Gasteiger charge is 2.38. The molecule has 2 heterocycles. The van der Waals surface area contributed by atoms with Crippen molar-refractivity contribution < 1.29 is 23.0 Å². The Morgan fingerprint density at radius 2 is 2.00 bits per heavy atom. The summed E-state index contributed by atoms with van der Waals surface area (Å²) in [6.45, 7) is 7.62. The van der Waals surface area contributed by atoms with Gasteiger partial charge in [0.05, 0.1) is 12.3 Å². The number of carbonyl (C=O) groups excluding carboxylic acids is 1. The van der Waals surface area contributed by atoms with E-state index in [1.165, 1.54) is 6.07 Å². The number of fused-ring (bicyclic) bond motifs is 1. The van der Waals surface area contributed by atoms with E-state index in [1.807, 2.05) is 19.8 Å². The van der Waals surface area contributed by atoms with Gasteiger partial charge in [-0.3, -0.25) is 0 Å². The number of anilines is 1. The molecule has 1 aliphatic rings. The second-order valence-electron chi connectivity index (χ2n) is 7.68. The minimum atomic E-state index is -2.97. The monoisotopic (exact) mass is 483 g/mol. The van der Waals surface area contributed by atoms with Crippen molar-refractivity contribution in [3.63, 3.8) is 0 Å². The number of aromatic nitrogens is 2. The van der Waals surface area contributed by atoms with E-state index < -0.39 is 12.5 Å². The fourth-order valence-electron chi connectivity index (χ4n) is 3.82. The van der Waals surface area contributed by atoms with Crippen LogP contribution in [-0.2, 0) is 46.2 Å². The lowest BCUT2D eigenvalue weighted by atomic mass is 9.95. The van der Waals surface area contributed by atoms with Crippen molar-refractivity contribution in [3.8, 4) is 0 Å². The highest BCUT2D eigenvalue weighted by atomic mass is 35.5. The minimum absolute atomic E-state index is 0.0421. The maximum absolute atomic E-state index is 14.2. The first kappa shape index (κ1) is 27.1. The zero-order chi connectivity index (χ0) is 24.3. The van der Waals surface area contributed by atoms with Crippen LogP contribution in [0, 0.1) is 0 Å². The second kappa shape index (κ2) is 13.5. The third-order valence-corrected chi connectivity index (χ3v) is 5.53. The molecule has 1 aromatic carbocycles. The van der Waals surface area contributed by atoms with Crippen molar-refractivity contribution in [1.82, 2.24) is 9.97 Å². The summed E-state index contributed by atoms with van der Waals surface area (Å²) in [4.78, 5) is 16.8. The van der Waals surface area contributed by atoms with Gasteiger partial charge in [0.25, 0.3) is 5.92 Å². The van der Waals surface area contributed by atoms with E-state index in [4.69, 9.17) is 25.9 Å². The first-order valence-electron chi connectivity index (χ1n) is 11.2. The molecular weight excluding hydrogens is 452 g/mol. The molecule has 0 unspecified atom stereocenters. The van der Waals surface area contributed by atoms with Crippen molar-refractivity contribution in [2.45, 2.75) is 65.0 Å². The van der Waals surface area contributed by atoms with Crippen LogP contribution in [0.25, 0.3) is 0 Å². The Morgan fingerprint density at radius 3 is 2.73 bits per heavy atom.